The molecule has 2 aromatic heterocycles. The number of rotatable bonds is 1. The van der Waals surface area contributed by atoms with Gasteiger partial charge in [-0.15, -0.1) is 0 Å². The van der Waals surface area contributed by atoms with E-state index in [-0.39, 0.29) is 0 Å². The minimum atomic E-state index is 0.537. The number of aromatic nitrogens is 2. The van der Waals surface area contributed by atoms with E-state index in [2.05, 4.69) is 9.97 Å². The Hall–Kier alpha value is -1.51. The topological polar surface area (TPSA) is 28.7 Å². The van der Waals surface area contributed by atoms with Crippen molar-refractivity contribution in [1.29, 1.82) is 0 Å². The Bertz CT molecular complexity index is 656. The minimum Gasteiger partial charge on any atom is -0.353 e. The van der Waals surface area contributed by atoms with Gasteiger partial charge in [0.1, 0.15) is 5.69 Å². The van der Waals surface area contributed by atoms with E-state index in [1.54, 1.807) is 12.3 Å². The lowest BCUT2D eigenvalue weighted by Crippen LogP contribution is -1.84. The van der Waals surface area contributed by atoms with Crippen LogP contribution >= 0.6 is 23.2 Å². The van der Waals surface area contributed by atoms with Gasteiger partial charge in [0.2, 0.25) is 0 Å². The molecule has 2 heterocycles. The van der Waals surface area contributed by atoms with Crippen LogP contribution in [0.5, 0.6) is 0 Å². The lowest BCUT2D eigenvalue weighted by atomic mass is 10.2. The fourth-order valence-corrected chi connectivity index (χ4v) is 2.30. The molecule has 0 saturated heterocycles. The summed E-state index contributed by atoms with van der Waals surface area (Å²) in [6.07, 6.45) is 1.59. The van der Waals surface area contributed by atoms with Gasteiger partial charge in [0.15, 0.2) is 0 Å². The van der Waals surface area contributed by atoms with Crippen LogP contribution in [0.1, 0.15) is 0 Å². The summed E-state index contributed by atoms with van der Waals surface area (Å²) >= 11 is 12.0. The summed E-state index contributed by atoms with van der Waals surface area (Å²) in [6.45, 7) is 0. The van der Waals surface area contributed by atoms with Crippen LogP contribution < -0.4 is 0 Å². The molecule has 0 radical (unpaired) electrons. The lowest BCUT2D eigenvalue weighted by molar-refractivity contribution is 1.29. The van der Waals surface area contributed by atoms with Crippen LogP contribution in [0.2, 0.25) is 10.0 Å². The fraction of sp³-hybridized carbons (Fsp3) is 0. The van der Waals surface area contributed by atoms with E-state index in [1.165, 1.54) is 0 Å². The SMILES string of the molecule is Clc1cnc(-c2cc3ccccc3[nH]2)c(Cl)c1. The zero-order valence-electron chi connectivity index (χ0n) is 8.74. The molecule has 0 spiro atoms. The van der Waals surface area contributed by atoms with E-state index in [0.717, 1.165) is 16.6 Å². The van der Waals surface area contributed by atoms with Gasteiger partial charge in [-0.1, -0.05) is 41.4 Å². The monoisotopic (exact) mass is 262 g/mol. The summed E-state index contributed by atoms with van der Waals surface area (Å²) in [4.78, 5) is 7.53. The average molecular weight is 263 g/mol. The molecule has 0 aliphatic heterocycles. The number of hydrogen-bond acceptors (Lipinski definition) is 1. The van der Waals surface area contributed by atoms with Crippen molar-refractivity contribution in [2.45, 2.75) is 0 Å². The third-order valence-corrected chi connectivity index (χ3v) is 3.09. The Morgan fingerprint density at radius 2 is 1.88 bits per heavy atom. The molecule has 0 atom stereocenters. The number of nitrogens with zero attached hydrogens (tertiary/aromatic N) is 1. The van der Waals surface area contributed by atoms with Crippen molar-refractivity contribution in [3.8, 4) is 11.4 Å². The third-order valence-electron chi connectivity index (χ3n) is 2.59. The number of benzene rings is 1. The Labute approximate surface area is 108 Å². The molecule has 84 valence electrons. The Balaban J connectivity index is 2.20. The van der Waals surface area contributed by atoms with E-state index in [1.807, 2.05) is 30.3 Å². The maximum atomic E-state index is 6.12. The van der Waals surface area contributed by atoms with Crippen LogP contribution in [0.4, 0.5) is 0 Å². The molecule has 17 heavy (non-hydrogen) atoms. The highest BCUT2D eigenvalue weighted by Gasteiger charge is 2.08. The highest BCUT2D eigenvalue weighted by molar-refractivity contribution is 6.36. The summed E-state index contributed by atoms with van der Waals surface area (Å²) in [5, 5.41) is 2.22. The molecule has 0 saturated carbocycles. The van der Waals surface area contributed by atoms with Crippen LogP contribution in [0, 0.1) is 0 Å². The molecular formula is C13H8Cl2N2. The molecule has 0 unspecified atom stereocenters. The average Bonchev–Trinajstić information content (AvgIpc) is 2.72. The summed E-state index contributed by atoms with van der Waals surface area (Å²) in [7, 11) is 0. The van der Waals surface area contributed by atoms with Crippen molar-refractivity contribution in [3.05, 3.63) is 52.6 Å². The van der Waals surface area contributed by atoms with Crippen LogP contribution in [0.3, 0.4) is 0 Å². The number of para-hydroxylation sites is 1. The first kappa shape index (κ1) is 10.6. The second kappa shape index (κ2) is 4.06. The normalized spacial score (nSPS) is 10.9. The van der Waals surface area contributed by atoms with Gasteiger partial charge < -0.3 is 4.98 Å². The van der Waals surface area contributed by atoms with E-state index in [4.69, 9.17) is 23.2 Å². The van der Waals surface area contributed by atoms with Crippen molar-refractivity contribution in [1.82, 2.24) is 9.97 Å². The van der Waals surface area contributed by atoms with Gasteiger partial charge in [-0.25, -0.2) is 0 Å². The largest absolute Gasteiger partial charge is 0.353 e. The maximum absolute atomic E-state index is 6.12. The zero-order chi connectivity index (χ0) is 11.8. The first-order valence-corrected chi connectivity index (χ1v) is 5.89. The number of nitrogens with one attached hydrogen (secondary N) is 1. The number of halogens is 2. The van der Waals surface area contributed by atoms with E-state index >= 15 is 0 Å². The Morgan fingerprint density at radius 1 is 1.06 bits per heavy atom. The van der Waals surface area contributed by atoms with Gasteiger partial charge in [-0.2, -0.15) is 0 Å². The van der Waals surface area contributed by atoms with E-state index < -0.39 is 0 Å². The predicted octanol–water partition coefficient (Wildman–Crippen LogP) is 4.54. The summed E-state index contributed by atoms with van der Waals surface area (Å²) < 4.78 is 0. The third kappa shape index (κ3) is 1.90. The molecule has 1 N–H and O–H groups in total. The molecule has 0 amide bonds. The van der Waals surface area contributed by atoms with Crippen molar-refractivity contribution in [2.24, 2.45) is 0 Å². The van der Waals surface area contributed by atoms with Crippen molar-refractivity contribution in [3.63, 3.8) is 0 Å². The van der Waals surface area contributed by atoms with Crippen LogP contribution in [0.15, 0.2) is 42.6 Å². The summed E-state index contributed by atoms with van der Waals surface area (Å²) in [5.74, 6) is 0. The van der Waals surface area contributed by atoms with Crippen molar-refractivity contribution >= 4 is 34.1 Å². The first-order chi connectivity index (χ1) is 8.24. The van der Waals surface area contributed by atoms with Crippen molar-refractivity contribution < 1.29 is 0 Å². The molecular weight excluding hydrogens is 255 g/mol. The number of hydrogen-bond donors (Lipinski definition) is 1. The number of aromatic amines is 1. The Kier molecular flexibility index (Phi) is 2.54. The number of H-pyrrole nitrogens is 1. The van der Waals surface area contributed by atoms with Crippen LogP contribution in [-0.2, 0) is 0 Å². The van der Waals surface area contributed by atoms with Gasteiger partial charge in [0.05, 0.1) is 15.7 Å². The van der Waals surface area contributed by atoms with Crippen LogP contribution in [0.25, 0.3) is 22.3 Å². The molecule has 1 aromatic carbocycles. The molecule has 3 aromatic rings. The quantitative estimate of drug-likeness (QED) is 0.686. The lowest BCUT2D eigenvalue weighted by Gasteiger charge is -2.00. The second-order valence-electron chi connectivity index (χ2n) is 3.75. The Morgan fingerprint density at radius 3 is 2.65 bits per heavy atom. The molecule has 3 rings (SSSR count). The highest BCUT2D eigenvalue weighted by atomic mass is 35.5. The van der Waals surface area contributed by atoms with Crippen molar-refractivity contribution in [2.75, 3.05) is 0 Å². The predicted molar refractivity (Wildman–Crippen MR) is 71.5 cm³/mol. The second-order valence-corrected chi connectivity index (χ2v) is 4.60. The van der Waals surface area contributed by atoms with Gasteiger partial charge in [-0.05, 0) is 18.2 Å². The molecule has 0 aliphatic carbocycles. The fourth-order valence-electron chi connectivity index (χ4n) is 1.81. The smallest absolute Gasteiger partial charge is 0.105 e. The van der Waals surface area contributed by atoms with E-state index in [0.29, 0.717) is 15.7 Å². The molecule has 4 heteroatoms. The maximum Gasteiger partial charge on any atom is 0.105 e. The number of fused-ring (bicyclic) bond motifs is 1. The van der Waals surface area contributed by atoms with Crippen LogP contribution in [-0.4, -0.2) is 9.97 Å². The van der Waals surface area contributed by atoms with Gasteiger partial charge >= 0.3 is 0 Å². The molecule has 2 nitrogen and oxygen atoms in total. The summed E-state index contributed by atoms with van der Waals surface area (Å²) in [6, 6.07) is 11.8. The first-order valence-electron chi connectivity index (χ1n) is 5.13. The molecule has 0 fully saturated rings. The van der Waals surface area contributed by atoms with Gasteiger partial charge in [0.25, 0.3) is 0 Å². The zero-order valence-corrected chi connectivity index (χ0v) is 10.3. The van der Waals surface area contributed by atoms with E-state index in [9.17, 15) is 0 Å². The van der Waals surface area contributed by atoms with Gasteiger partial charge in [-0.3, -0.25) is 4.98 Å². The highest BCUT2D eigenvalue weighted by Crippen LogP contribution is 2.29. The molecule has 0 aliphatic rings. The van der Waals surface area contributed by atoms with Gasteiger partial charge in [0, 0.05) is 17.1 Å². The molecule has 0 bridgehead atoms. The minimum absolute atomic E-state index is 0.537. The number of pyridine rings is 1. The standard InChI is InChI=1S/C13H8Cl2N2/c14-9-6-10(15)13(16-7-9)12-5-8-3-1-2-4-11(8)17-12/h1-7,17H. The summed E-state index contributed by atoms with van der Waals surface area (Å²) in [5.41, 5.74) is 2.68.